The Kier molecular flexibility index (Phi) is 12.1. The van der Waals surface area contributed by atoms with Gasteiger partial charge in [0.25, 0.3) is 5.91 Å². The molecule has 4 aromatic rings. The zero-order valence-electron chi connectivity index (χ0n) is 37.6. The van der Waals surface area contributed by atoms with Crippen molar-refractivity contribution in [2.24, 2.45) is 16.7 Å². The predicted octanol–water partition coefficient (Wildman–Crippen LogP) is 7.41. The molecule has 11 heteroatoms. The van der Waals surface area contributed by atoms with Crippen molar-refractivity contribution in [2.45, 2.75) is 129 Å². The molecule has 2 aromatic heterocycles. The van der Waals surface area contributed by atoms with E-state index in [1.807, 2.05) is 12.3 Å². The molecular formula is C51H67N7O4. The van der Waals surface area contributed by atoms with Gasteiger partial charge in [0, 0.05) is 60.7 Å². The van der Waals surface area contributed by atoms with Crippen molar-refractivity contribution in [2.75, 3.05) is 39.3 Å². The maximum atomic E-state index is 14.9. The molecule has 5 aliphatic rings. The number of nitrogens with zero attached hydrogens (tertiary/aromatic N) is 4. The summed E-state index contributed by atoms with van der Waals surface area (Å²) in [5, 5.41) is 9.70. The molecule has 62 heavy (non-hydrogen) atoms. The van der Waals surface area contributed by atoms with Gasteiger partial charge in [-0.3, -0.25) is 29.3 Å². The number of pyridine rings is 1. The van der Waals surface area contributed by atoms with Crippen LogP contribution in [0.2, 0.25) is 0 Å². The third-order valence-corrected chi connectivity index (χ3v) is 14.7. The lowest BCUT2D eigenvalue weighted by atomic mass is 9.83. The normalized spacial score (nSPS) is 25.4. The van der Waals surface area contributed by atoms with Crippen molar-refractivity contribution in [3.8, 4) is 22.4 Å². The van der Waals surface area contributed by atoms with Gasteiger partial charge < -0.3 is 19.9 Å². The Bertz CT molecular complexity index is 2300. The number of hydrogen-bond donors (Lipinski definition) is 3. The number of nitrogens with one attached hydrogen (secondary N) is 3. The van der Waals surface area contributed by atoms with Gasteiger partial charge in [-0.25, -0.2) is 5.43 Å². The topological polar surface area (TPSA) is 121 Å². The number of hydrogen-bond acceptors (Lipinski definition) is 8. The maximum Gasteiger partial charge on any atom is 0.324 e. The fourth-order valence-corrected chi connectivity index (χ4v) is 11.6. The Morgan fingerprint density at radius 2 is 1.81 bits per heavy atom. The van der Waals surface area contributed by atoms with Crippen molar-refractivity contribution in [3.63, 3.8) is 0 Å². The van der Waals surface area contributed by atoms with Crippen LogP contribution in [0.25, 0.3) is 33.3 Å². The molecular weight excluding hydrogens is 775 g/mol. The minimum absolute atomic E-state index is 0.0461. The van der Waals surface area contributed by atoms with Crippen LogP contribution in [0.5, 0.6) is 0 Å². The molecule has 330 valence electrons. The summed E-state index contributed by atoms with van der Waals surface area (Å²) < 4.78 is 8.61. The lowest BCUT2D eigenvalue weighted by molar-refractivity contribution is -0.155. The number of esters is 1. The summed E-state index contributed by atoms with van der Waals surface area (Å²) in [7, 11) is 0. The summed E-state index contributed by atoms with van der Waals surface area (Å²) in [6.45, 7) is 16.2. The van der Waals surface area contributed by atoms with E-state index in [1.54, 1.807) is 5.01 Å². The van der Waals surface area contributed by atoms with Crippen molar-refractivity contribution in [1.29, 1.82) is 0 Å². The van der Waals surface area contributed by atoms with Gasteiger partial charge in [-0.15, -0.1) is 0 Å². The second-order valence-electron chi connectivity index (χ2n) is 20.3. The summed E-state index contributed by atoms with van der Waals surface area (Å²) in [4.78, 5) is 51.0. The van der Waals surface area contributed by atoms with Crippen LogP contribution in [0, 0.1) is 16.7 Å². The molecule has 0 radical (unpaired) electrons. The number of fused-ring (bicyclic) bond motifs is 6. The summed E-state index contributed by atoms with van der Waals surface area (Å²) >= 11 is 0. The molecule has 4 fully saturated rings. The number of likely N-dealkylation sites (tertiary alicyclic amines) is 1. The van der Waals surface area contributed by atoms with Crippen molar-refractivity contribution in [1.82, 2.24) is 35.5 Å². The van der Waals surface area contributed by atoms with E-state index in [-0.39, 0.29) is 47.7 Å². The number of carbonyl (C=O) groups excluding carboxylic acids is 3. The van der Waals surface area contributed by atoms with E-state index < -0.39 is 17.5 Å². The third kappa shape index (κ3) is 8.44. The number of aryl methyl sites for hydroxylation is 1. The molecule has 4 atom stereocenters. The summed E-state index contributed by atoms with van der Waals surface area (Å²) in [6, 6.07) is 17.7. The van der Waals surface area contributed by atoms with Crippen LogP contribution in [0.3, 0.4) is 0 Å². The van der Waals surface area contributed by atoms with E-state index in [9.17, 15) is 14.4 Å². The monoisotopic (exact) mass is 842 g/mol. The number of amides is 2. The molecule has 3 N–H and O–H groups in total. The lowest BCUT2D eigenvalue weighted by Gasteiger charge is -2.37. The van der Waals surface area contributed by atoms with Gasteiger partial charge in [-0.2, -0.15) is 0 Å². The van der Waals surface area contributed by atoms with Gasteiger partial charge in [0.05, 0.1) is 24.0 Å². The second kappa shape index (κ2) is 17.5. The van der Waals surface area contributed by atoms with E-state index in [0.29, 0.717) is 32.2 Å². The van der Waals surface area contributed by atoms with Gasteiger partial charge in [-0.05, 0) is 129 Å². The zero-order chi connectivity index (χ0) is 43.2. The number of aromatic nitrogens is 2. The molecule has 1 aliphatic carbocycles. The van der Waals surface area contributed by atoms with E-state index in [0.717, 1.165) is 105 Å². The fraction of sp³-hybridized carbons (Fsp3) is 0.569. The van der Waals surface area contributed by atoms with Crippen LogP contribution >= 0.6 is 0 Å². The van der Waals surface area contributed by atoms with Crippen molar-refractivity contribution < 1.29 is 19.1 Å². The first-order chi connectivity index (χ1) is 29.9. The minimum atomic E-state index is -0.823. The minimum Gasteiger partial charge on any atom is -0.464 e. The first-order valence-electron chi connectivity index (χ1n) is 23.6. The van der Waals surface area contributed by atoms with Gasteiger partial charge >= 0.3 is 5.97 Å². The largest absolute Gasteiger partial charge is 0.464 e. The Morgan fingerprint density at radius 3 is 2.58 bits per heavy atom. The molecule has 4 aliphatic heterocycles. The highest BCUT2D eigenvalue weighted by atomic mass is 16.5. The van der Waals surface area contributed by atoms with Crippen molar-refractivity contribution in [3.05, 3.63) is 77.6 Å². The molecule has 1 spiro atoms. The smallest absolute Gasteiger partial charge is 0.324 e. The molecule has 3 saturated heterocycles. The van der Waals surface area contributed by atoms with Gasteiger partial charge in [0.2, 0.25) is 5.91 Å². The number of benzene rings is 2. The van der Waals surface area contributed by atoms with Crippen molar-refractivity contribution >= 4 is 28.7 Å². The fourth-order valence-electron chi connectivity index (χ4n) is 11.6. The Balaban J connectivity index is 1.12. The average molecular weight is 842 g/mol. The third-order valence-electron chi connectivity index (χ3n) is 14.7. The number of hydrazine groups is 1. The van der Waals surface area contributed by atoms with Gasteiger partial charge in [0.1, 0.15) is 12.1 Å². The first-order valence-corrected chi connectivity index (χ1v) is 23.6. The van der Waals surface area contributed by atoms with Crippen LogP contribution in [-0.2, 0) is 38.5 Å². The number of carbonyl (C=O) groups is 3. The number of rotatable bonds is 7. The Labute approximate surface area is 367 Å². The van der Waals surface area contributed by atoms with E-state index in [2.05, 4.69) is 109 Å². The van der Waals surface area contributed by atoms with Crippen LogP contribution in [0.15, 0.2) is 60.8 Å². The Hall–Kier alpha value is -4.58. The van der Waals surface area contributed by atoms with E-state index in [4.69, 9.17) is 9.72 Å². The quantitative estimate of drug-likeness (QED) is 0.165. The Morgan fingerprint density at radius 1 is 0.984 bits per heavy atom. The predicted molar refractivity (Wildman–Crippen MR) is 244 cm³/mol. The molecule has 11 nitrogen and oxygen atoms in total. The summed E-state index contributed by atoms with van der Waals surface area (Å²) in [6.07, 6.45) is 10.7. The molecule has 2 amide bonds. The molecule has 6 bridgehead atoms. The summed E-state index contributed by atoms with van der Waals surface area (Å²) in [5.74, 6) is -0.126. The molecule has 6 heterocycles. The first kappa shape index (κ1) is 42.7. The average Bonchev–Trinajstić information content (AvgIpc) is 4.11. The molecule has 1 saturated carbocycles. The molecule has 9 rings (SSSR count). The second-order valence-corrected chi connectivity index (χ2v) is 20.3. The van der Waals surface area contributed by atoms with Crippen LogP contribution in [0.1, 0.15) is 109 Å². The zero-order valence-corrected chi connectivity index (χ0v) is 37.6. The SMILES string of the molecule is CCn1c(-c2cccnc2C(C)C)c2c3cc(ccc31)-c1cccc(c1)C[C@H](NC(=O)[C@H](C1CCCC1)N1CC[C@]3(CCNC3)C1)C(=O)N1CCC[C@H](N1)C(=O)OCC(C)(C)C2. The highest BCUT2D eigenvalue weighted by Crippen LogP contribution is 2.43. The van der Waals surface area contributed by atoms with Crippen LogP contribution < -0.4 is 16.1 Å². The molecule has 0 unspecified atom stereocenters. The van der Waals surface area contributed by atoms with Crippen LogP contribution in [-0.4, -0.2) is 94.7 Å². The van der Waals surface area contributed by atoms with Crippen LogP contribution in [0.4, 0.5) is 0 Å². The number of ether oxygens (including phenoxy) is 1. The van der Waals surface area contributed by atoms with Gasteiger partial charge in [0.15, 0.2) is 0 Å². The van der Waals surface area contributed by atoms with E-state index in [1.165, 1.54) is 16.6 Å². The summed E-state index contributed by atoms with van der Waals surface area (Å²) in [5.41, 5.74) is 11.9. The highest BCUT2D eigenvalue weighted by molar-refractivity contribution is 5.95. The number of cyclic esters (lactones) is 1. The van der Waals surface area contributed by atoms with Gasteiger partial charge in [-0.1, -0.05) is 70.9 Å². The maximum absolute atomic E-state index is 14.9. The van der Waals surface area contributed by atoms with E-state index >= 15 is 0 Å². The standard InChI is InChI=1S/C51H67N7O4/c1-6-57-43-19-18-37-28-39(43)40(46(57)38-16-10-22-53-44(38)33(2)3)29-50(4,5)32-62-49(61)41-17-11-24-58(55-41)48(60)42(27-34-12-9-15-36(37)26-34)54-47(59)45(35-13-7-8-14-35)56-25-21-51(31-56)20-23-52-30-51/h9-10,12,15-16,18-19,22,26,28,33,35,41-42,45,52,55H,6-8,11,13-14,17,20-21,23-25,27,29-32H2,1-5H3,(H,54,59)/t41-,42-,45-,51-/m0/s1. The lowest BCUT2D eigenvalue weighted by Crippen LogP contribution is -2.62. The highest BCUT2D eigenvalue weighted by Gasteiger charge is 2.47. The molecule has 2 aromatic carbocycles.